The van der Waals surface area contributed by atoms with Crippen molar-refractivity contribution in [1.82, 2.24) is 9.97 Å². The number of alkyl halides is 2. The van der Waals surface area contributed by atoms with Crippen molar-refractivity contribution in [2.45, 2.75) is 32.9 Å². The molecule has 5 nitrogen and oxygen atoms in total. The van der Waals surface area contributed by atoms with Crippen LogP contribution in [-0.4, -0.2) is 16.1 Å². The lowest BCUT2D eigenvalue weighted by atomic mass is 10.0. The van der Waals surface area contributed by atoms with Crippen molar-refractivity contribution in [3.8, 4) is 11.8 Å². The lowest BCUT2D eigenvalue weighted by Crippen LogP contribution is -2.11. The topological polar surface area (TPSA) is 61.3 Å². The molecule has 2 heterocycles. The maximum atomic E-state index is 14.6. The molecule has 0 radical (unpaired) electrons. The van der Waals surface area contributed by atoms with Gasteiger partial charge in [-0.2, -0.15) is 8.78 Å². The van der Waals surface area contributed by atoms with E-state index in [2.05, 4.69) is 9.97 Å². The quantitative estimate of drug-likeness (QED) is 0.149. The predicted molar refractivity (Wildman–Crippen MR) is 152 cm³/mol. The van der Waals surface area contributed by atoms with E-state index in [0.717, 1.165) is 45.5 Å². The molecule has 4 aromatic carbocycles. The second-order valence-electron chi connectivity index (χ2n) is 9.34. The number of hydrogen-bond acceptors (Lipinski definition) is 5. The Morgan fingerprint density at radius 1 is 0.641 bits per heavy atom. The van der Waals surface area contributed by atoms with Crippen LogP contribution in [-0.2, 0) is 17.4 Å². The summed E-state index contributed by atoms with van der Waals surface area (Å²) in [5.74, 6) is -0.330. The lowest BCUT2D eigenvalue weighted by molar-refractivity contribution is 0.190. The molecule has 0 fully saturated rings. The van der Waals surface area contributed by atoms with Gasteiger partial charge in [0.05, 0.1) is 11.0 Å². The Kier molecular flexibility index (Phi) is 6.40. The summed E-state index contributed by atoms with van der Waals surface area (Å²) in [5, 5.41) is 4.17. The van der Waals surface area contributed by atoms with Gasteiger partial charge in [-0.25, -0.2) is 14.5 Å². The van der Waals surface area contributed by atoms with E-state index >= 15 is 0 Å². The average molecular weight is 543 g/mol. The summed E-state index contributed by atoms with van der Waals surface area (Å²) in [7, 11) is -5.11. The summed E-state index contributed by atoms with van der Waals surface area (Å²) in [5.41, 5.74) is 3.00. The van der Waals surface area contributed by atoms with Gasteiger partial charge in [0.1, 0.15) is 0 Å². The highest BCUT2D eigenvalue weighted by atomic mass is 31.2. The van der Waals surface area contributed by atoms with Crippen LogP contribution in [0, 0.1) is 0 Å². The van der Waals surface area contributed by atoms with Gasteiger partial charge in [-0.15, -0.1) is 0 Å². The average Bonchev–Trinajstić information content (AvgIpc) is 2.96. The van der Waals surface area contributed by atoms with Gasteiger partial charge in [-0.1, -0.05) is 74.5 Å². The van der Waals surface area contributed by atoms with E-state index in [4.69, 9.17) is 9.05 Å². The third-order valence-corrected chi connectivity index (χ3v) is 8.28. The molecule has 0 unspecified atom stereocenters. The highest BCUT2D eigenvalue weighted by Crippen LogP contribution is 2.55. The van der Waals surface area contributed by atoms with Gasteiger partial charge in [-0.3, -0.25) is 0 Å². The second kappa shape index (κ2) is 9.90. The first-order valence-electron chi connectivity index (χ1n) is 12.8. The number of rotatable bonds is 7. The fourth-order valence-corrected chi connectivity index (χ4v) is 5.82. The second-order valence-corrected chi connectivity index (χ2v) is 11.2. The Bertz CT molecular complexity index is 1790. The van der Waals surface area contributed by atoms with Crippen molar-refractivity contribution in [3.05, 3.63) is 96.1 Å². The molecule has 0 spiro atoms. The number of benzene rings is 4. The number of pyridine rings is 2. The molecule has 0 saturated carbocycles. The number of fused-ring (bicyclic) bond motifs is 6. The van der Waals surface area contributed by atoms with E-state index in [9.17, 15) is 13.3 Å². The van der Waals surface area contributed by atoms with Gasteiger partial charge in [0.25, 0.3) is 0 Å². The Balaban J connectivity index is 1.53. The van der Waals surface area contributed by atoms with Crippen LogP contribution in [0.4, 0.5) is 8.78 Å². The van der Waals surface area contributed by atoms with Crippen molar-refractivity contribution in [2.24, 2.45) is 0 Å². The van der Waals surface area contributed by atoms with Crippen LogP contribution in [0.3, 0.4) is 0 Å². The summed E-state index contributed by atoms with van der Waals surface area (Å²) in [6.07, 6.45) is -2.00. The number of halogens is 2. The lowest BCUT2D eigenvalue weighted by Gasteiger charge is -2.21. The van der Waals surface area contributed by atoms with Crippen molar-refractivity contribution in [2.75, 3.05) is 0 Å². The predicted octanol–water partition coefficient (Wildman–Crippen LogP) is 9.09. The van der Waals surface area contributed by atoms with E-state index in [-0.39, 0.29) is 11.8 Å². The van der Waals surface area contributed by atoms with Crippen LogP contribution in [0.1, 0.15) is 25.0 Å². The standard InChI is InChI=1S/C31H25F2N2O3P/c1-3-19-13-15-21-23-9-5-7-11-27(23)34-29(25(21)17-19)37-39(36,31(32)33)38-30-26-18-20(4-2)14-16-22(26)24-10-6-8-12-28(24)35-30/h5-18,31H,3-4H2,1-2H3. The molecule has 6 aromatic rings. The summed E-state index contributed by atoms with van der Waals surface area (Å²) in [6, 6.07) is 26.1. The molecule has 196 valence electrons. The molecule has 0 aliphatic carbocycles. The molecule has 8 heteroatoms. The van der Waals surface area contributed by atoms with E-state index < -0.39 is 13.8 Å². The monoisotopic (exact) mass is 542 g/mol. The highest BCUT2D eigenvalue weighted by molar-refractivity contribution is 7.55. The summed E-state index contributed by atoms with van der Waals surface area (Å²) < 4.78 is 54.3. The third-order valence-electron chi connectivity index (χ3n) is 6.94. The maximum absolute atomic E-state index is 14.6. The largest absolute Gasteiger partial charge is 0.499 e. The van der Waals surface area contributed by atoms with Crippen LogP contribution in [0.25, 0.3) is 43.4 Å². The molecule has 0 N–H and O–H groups in total. The minimum absolute atomic E-state index is 0.165. The SMILES string of the molecule is CCc1ccc2c(c1)c(OP(=O)(Oc1nc3ccccc3c3ccc(CC)cc13)C(F)F)nc1ccccc12. The first-order chi connectivity index (χ1) is 18.9. The molecular weight excluding hydrogens is 517 g/mol. The summed E-state index contributed by atoms with van der Waals surface area (Å²) >= 11 is 0. The van der Waals surface area contributed by atoms with Gasteiger partial charge in [0, 0.05) is 21.5 Å². The van der Waals surface area contributed by atoms with Gasteiger partial charge in [0.15, 0.2) is 0 Å². The Labute approximate surface area is 224 Å². The van der Waals surface area contributed by atoms with Crippen molar-refractivity contribution in [3.63, 3.8) is 0 Å². The molecule has 39 heavy (non-hydrogen) atoms. The fraction of sp³-hybridized carbons (Fsp3) is 0.161. The van der Waals surface area contributed by atoms with Crippen LogP contribution in [0.2, 0.25) is 0 Å². The molecular formula is C31H25F2N2O3P. The Hall–Kier alpha value is -4.09. The minimum Gasteiger partial charge on any atom is -0.393 e. The van der Waals surface area contributed by atoms with Crippen LogP contribution >= 0.6 is 7.60 Å². The molecule has 0 amide bonds. The van der Waals surface area contributed by atoms with Crippen molar-refractivity contribution >= 4 is 50.9 Å². The number of aromatic nitrogens is 2. The zero-order chi connectivity index (χ0) is 27.1. The first kappa shape index (κ1) is 25.2. The van der Waals surface area contributed by atoms with Crippen molar-refractivity contribution in [1.29, 1.82) is 0 Å². The number of para-hydroxylation sites is 2. The van der Waals surface area contributed by atoms with Gasteiger partial charge in [0.2, 0.25) is 11.8 Å². The highest BCUT2D eigenvalue weighted by Gasteiger charge is 2.42. The third kappa shape index (κ3) is 4.47. The molecule has 0 aliphatic heterocycles. The molecule has 2 aromatic heterocycles. The molecule has 6 rings (SSSR count). The first-order valence-corrected chi connectivity index (χ1v) is 14.4. The zero-order valence-corrected chi connectivity index (χ0v) is 22.3. The molecule has 0 saturated heterocycles. The summed E-state index contributed by atoms with van der Waals surface area (Å²) in [4.78, 5) is 9.00. The Morgan fingerprint density at radius 3 is 1.49 bits per heavy atom. The van der Waals surface area contributed by atoms with Crippen LogP contribution < -0.4 is 9.05 Å². The van der Waals surface area contributed by atoms with Crippen molar-refractivity contribution < 1.29 is 22.4 Å². The zero-order valence-electron chi connectivity index (χ0n) is 21.4. The fourth-order valence-electron chi connectivity index (χ4n) is 4.86. The van der Waals surface area contributed by atoms with E-state index in [1.807, 2.05) is 74.5 Å². The normalized spacial score (nSPS) is 12.1. The summed E-state index contributed by atoms with van der Waals surface area (Å²) in [6.45, 7) is 3.98. The molecule has 0 atom stereocenters. The smallest absolute Gasteiger partial charge is 0.393 e. The molecule has 0 bridgehead atoms. The minimum atomic E-state index is -5.11. The van der Waals surface area contributed by atoms with E-state index in [0.29, 0.717) is 21.8 Å². The van der Waals surface area contributed by atoms with Gasteiger partial charge in [-0.05, 0) is 59.0 Å². The number of aryl methyl sites for hydroxylation is 2. The Morgan fingerprint density at radius 2 is 1.08 bits per heavy atom. The number of hydrogen-bond donors (Lipinski definition) is 0. The van der Waals surface area contributed by atoms with E-state index in [1.165, 1.54) is 0 Å². The maximum Gasteiger partial charge on any atom is 0.499 e. The van der Waals surface area contributed by atoms with Gasteiger partial charge >= 0.3 is 13.8 Å². The molecule has 0 aliphatic rings. The van der Waals surface area contributed by atoms with Crippen LogP contribution in [0.5, 0.6) is 11.8 Å². The van der Waals surface area contributed by atoms with Gasteiger partial charge < -0.3 is 9.05 Å². The number of nitrogens with zero attached hydrogens (tertiary/aromatic N) is 2. The van der Waals surface area contributed by atoms with E-state index in [1.54, 1.807) is 24.3 Å². The van der Waals surface area contributed by atoms with Crippen LogP contribution in [0.15, 0.2) is 84.9 Å².